The molecule has 0 aliphatic rings. The number of carbonyl (C=O) groups is 1. The number of rotatable bonds is 11. The Morgan fingerprint density at radius 1 is 1.14 bits per heavy atom. The fourth-order valence-corrected chi connectivity index (χ4v) is 2.82. The Kier molecular flexibility index (Phi) is 9.61. The standard InChI is InChI=1S/C21H31N5O2/c1-3-22-21(23-13-8-4-5-12-20(27)28-2)24-16-18-10-6-7-11-19(18)17-26-15-9-14-25-26/h6-7,9-11,14-15H,3-5,8,12-13,16-17H2,1-2H3,(H2,22,23,24). The third-order valence-electron chi connectivity index (χ3n) is 4.34. The first-order valence-corrected chi connectivity index (χ1v) is 9.86. The maximum atomic E-state index is 11.1. The number of aromatic nitrogens is 2. The van der Waals surface area contributed by atoms with Crippen LogP contribution in [0.2, 0.25) is 0 Å². The van der Waals surface area contributed by atoms with Gasteiger partial charge < -0.3 is 15.4 Å². The Morgan fingerprint density at radius 3 is 2.68 bits per heavy atom. The third kappa shape index (κ3) is 7.82. The summed E-state index contributed by atoms with van der Waals surface area (Å²) in [5.41, 5.74) is 2.40. The third-order valence-corrected chi connectivity index (χ3v) is 4.34. The molecule has 0 unspecified atom stereocenters. The Labute approximate surface area is 167 Å². The molecule has 7 heteroatoms. The number of benzene rings is 1. The second-order valence-electron chi connectivity index (χ2n) is 6.48. The number of nitrogens with one attached hydrogen (secondary N) is 2. The van der Waals surface area contributed by atoms with Crippen LogP contribution in [0.15, 0.2) is 47.7 Å². The summed E-state index contributed by atoms with van der Waals surface area (Å²) in [6.07, 6.45) is 7.05. The van der Waals surface area contributed by atoms with Crippen LogP contribution in [-0.2, 0) is 22.6 Å². The highest BCUT2D eigenvalue weighted by atomic mass is 16.5. The van der Waals surface area contributed by atoms with E-state index >= 15 is 0 Å². The molecule has 0 spiro atoms. The maximum absolute atomic E-state index is 11.1. The summed E-state index contributed by atoms with van der Waals surface area (Å²) >= 11 is 0. The van der Waals surface area contributed by atoms with Crippen molar-refractivity contribution < 1.29 is 9.53 Å². The minimum Gasteiger partial charge on any atom is -0.469 e. The van der Waals surface area contributed by atoms with Crippen molar-refractivity contribution in [2.45, 2.75) is 45.7 Å². The number of methoxy groups -OCH3 is 1. The van der Waals surface area contributed by atoms with Crippen molar-refractivity contribution in [3.63, 3.8) is 0 Å². The van der Waals surface area contributed by atoms with E-state index in [4.69, 9.17) is 4.99 Å². The SMILES string of the molecule is CCNC(=NCc1ccccc1Cn1cccn1)NCCCCCC(=O)OC. The first-order valence-electron chi connectivity index (χ1n) is 9.86. The van der Waals surface area contributed by atoms with Gasteiger partial charge >= 0.3 is 5.97 Å². The number of hydrogen-bond donors (Lipinski definition) is 2. The molecule has 0 fully saturated rings. The fourth-order valence-electron chi connectivity index (χ4n) is 2.82. The zero-order chi connectivity index (χ0) is 20.0. The van der Waals surface area contributed by atoms with Crippen LogP contribution in [0.5, 0.6) is 0 Å². The highest BCUT2D eigenvalue weighted by Crippen LogP contribution is 2.11. The van der Waals surface area contributed by atoms with Crippen LogP contribution in [0, 0.1) is 0 Å². The molecule has 152 valence electrons. The van der Waals surface area contributed by atoms with E-state index in [1.165, 1.54) is 18.2 Å². The molecule has 1 aromatic carbocycles. The molecule has 2 N–H and O–H groups in total. The van der Waals surface area contributed by atoms with Gasteiger partial charge in [0, 0.05) is 31.9 Å². The topological polar surface area (TPSA) is 80.5 Å². The number of nitrogens with zero attached hydrogens (tertiary/aromatic N) is 3. The highest BCUT2D eigenvalue weighted by Gasteiger charge is 2.04. The van der Waals surface area contributed by atoms with Crippen LogP contribution >= 0.6 is 0 Å². The molecule has 1 heterocycles. The number of guanidine groups is 1. The first-order chi connectivity index (χ1) is 13.7. The summed E-state index contributed by atoms with van der Waals surface area (Å²) in [5, 5.41) is 10.9. The summed E-state index contributed by atoms with van der Waals surface area (Å²) in [6.45, 7) is 5.03. The number of aliphatic imine (C=N–C) groups is 1. The summed E-state index contributed by atoms with van der Waals surface area (Å²) in [6, 6.07) is 10.2. The van der Waals surface area contributed by atoms with Crippen LogP contribution in [0.3, 0.4) is 0 Å². The minimum atomic E-state index is -0.142. The molecule has 0 saturated carbocycles. The summed E-state index contributed by atoms with van der Waals surface area (Å²) in [5.74, 6) is 0.668. The lowest BCUT2D eigenvalue weighted by Crippen LogP contribution is -2.37. The molecule has 0 radical (unpaired) electrons. The average molecular weight is 386 g/mol. The smallest absolute Gasteiger partial charge is 0.305 e. The van der Waals surface area contributed by atoms with Gasteiger partial charge in [-0.2, -0.15) is 5.10 Å². The number of carbonyl (C=O) groups excluding carboxylic acids is 1. The number of hydrogen-bond acceptors (Lipinski definition) is 4. The monoisotopic (exact) mass is 385 g/mol. The van der Waals surface area contributed by atoms with Gasteiger partial charge in [-0.25, -0.2) is 4.99 Å². The summed E-state index contributed by atoms with van der Waals surface area (Å²) in [4.78, 5) is 15.8. The van der Waals surface area contributed by atoms with Crippen LogP contribution in [0.4, 0.5) is 0 Å². The molecule has 0 aliphatic carbocycles. The van der Waals surface area contributed by atoms with E-state index in [-0.39, 0.29) is 5.97 Å². The summed E-state index contributed by atoms with van der Waals surface area (Å²) in [7, 11) is 1.43. The van der Waals surface area contributed by atoms with Gasteiger partial charge in [-0.1, -0.05) is 30.7 Å². The normalized spacial score (nSPS) is 11.3. The van der Waals surface area contributed by atoms with Crippen molar-refractivity contribution in [3.8, 4) is 0 Å². The molecule has 0 aliphatic heterocycles. The van der Waals surface area contributed by atoms with Crippen molar-refractivity contribution in [2.24, 2.45) is 4.99 Å². The van der Waals surface area contributed by atoms with Crippen molar-refractivity contribution in [3.05, 3.63) is 53.9 Å². The maximum Gasteiger partial charge on any atom is 0.305 e. The molecule has 2 aromatic rings. The van der Waals surface area contributed by atoms with E-state index in [9.17, 15) is 4.79 Å². The Morgan fingerprint density at radius 2 is 1.96 bits per heavy atom. The second-order valence-corrected chi connectivity index (χ2v) is 6.48. The van der Waals surface area contributed by atoms with E-state index in [1.807, 2.05) is 29.1 Å². The van der Waals surface area contributed by atoms with Gasteiger partial charge in [-0.15, -0.1) is 0 Å². The zero-order valence-corrected chi connectivity index (χ0v) is 16.9. The fraction of sp³-hybridized carbons (Fsp3) is 0.476. The van der Waals surface area contributed by atoms with Crippen molar-refractivity contribution >= 4 is 11.9 Å². The molecule has 1 aromatic heterocycles. The molecule has 2 rings (SSSR count). The van der Waals surface area contributed by atoms with E-state index < -0.39 is 0 Å². The van der Waals surface area contributed by atoms with Crippen LogP contribution in [0.25, 0.3) is 0 Å². The van der Waals surface area contributed by atoms with Gasteiger partial charge in [-0.05, 0) is 37.0 Å². The Bertz CT molecular complexity index is 728. The van der Waals surface area contributed by atoms with Crippen molar-refractivity contribution in [1.29, 1.82) is 0 Å². The highest BCUT2D eigenvalue weighted by molar-refractivity contribution is 5.79. The molecular weight excluding hydrogens is 354 g/mol. The van der Waals surface area contributed by atoms with E-state index in [0.29, 0.717) is 13.0 Å². The predicted octanol–water partition coefficient (Wildman–Crippen LogP) is 2.72. The van der Waals surface area contributed by atoms with Crippen molar-refractivity contribution in [1.82, 2.24) is 20.4 Å². The number of unbranched alkanes of at least 4 members (excludes halogenated alkanes) is 2. The molecule has 28 heavy (non-hydrogen) atoms. The van der Waals surface area contributed by atoms with E-state index in [2.05, 4.69) is 39.5 Å². The lowest BCUT2D eigenvalue weighted by atomic mass is 10.1. The van der Waals surface area contributed by atoms with E-state index in [1.54, 1.807) is 6.20 Å². The van der Waals surface area contributed by atoms with Gasteiger partial charge in [-0.3, -0.25) is 9.48 Å². The lowest BCUT2D eigenvalue weighted by Gasteiger charge is -2.12. The van der Waals surface area contributed by atoms with Crippen LogP contribution in [0.1, 0.15) is 43.7 Å². The number of ether oxygens (including phenoxy) is 1. The number of esters is 1. The largest absolute Gasteiger partial charge is 0.469 e. The van der Waals surface area contributed by atoms with E-state index in [0.717, 1.165) is 44.9 Å². The van der Waals surface area contributed by atoms with Gasteiger partial charge in [0.2, 0.25) is 0 Å². The summed E-state index contributed by atoms with van der Waals surface area (Å²) < 4.78 is 6.57. The molecule has 0 atom stereocenters. The Hall–Kier alpha value is -2.83. The van der Waals surface area contributed by atoms with Crippen LogP contribution < -0.4 is 10.6 Å². The second kappa shape index (κ2) is 12.5. The van der Waals surface area contributed by atoms with Gasteiger partial charge in [0.05, 0.1) is 20.2 Å². The van der Waals surface area contributed by atoms with Gasteiger partial charge in [0.25, 0.3) is 0 Å². The van der Waals surface area contributed by atoms with Gasteiger partial charge in [0.15, 0.2) is 5.96 Å². The minimum absolute atomic E-state index is 0.142. The molecule has 0 bridgehead atoms. The van der Waals surface area contributed by atoms with Crippen molar-refractivity contribution in [2.75, 3.05) is 20.2 Å². The van der Waals surface area contributed by atoms with Gasteiger partial charge in [0.1, 0.15) is 0 Å². The Balaban J connectivity index is 1.84. The molecule has 7 nitrogen and oxygen atoms in total. The quantitative estimate of drug-likeness (QED) is 0.269. The molecular formula is C21H31N5O2. The molecule has 0 saturated heterocycles. The average Bonchev–Trinajstić information content (AvgIpc) is 3.22. The predicted molar refractivity (Wildman–Crippen MR) is 111 cm³/mol. The van der Waals surface area contributed by atoms with Crippen LogP contribution in [-0.4, -0.2) is 41.9 Å². The lowest BCUT2D eigenvalue weighted by molar-refractivity contribution is -0.140. The zero-order valence-electron chi connectivity index (χ0n) is 16.9. The first kappa shape index (κ1) is 21.5. The molecule has 0 amide bonds.